The van der Waals surface area contributed by atoms with Gasteiger partial charge in [-0.05, 0) is 25.1 Å². The summed E-state index contributed by atoms with van der Waals surface area (Å²) in [4.78, 5) is 12.9. The van der Waals surface area contributed by atoms with E-state index in [0.717, 1.165) is 11.3 Å². The number of nitrogens with zero attached hydrogens (tertiary/aromatic N) is 5. The Morgan fingerprint density at radius 2 is 2.04 bits per heavy atom. The van der Waals surface area contributed by atoms with Gasteiger partial charge in [0.2, 0.25) is 17.7 Å². The van der Waals surface area contributed by atoms with Crippen molar-refractivity contribution in [2.75, 3.05) is 17.7 Å². The van der Waals surface area contributed by atoms with E-state index in [2.05, 4.69) is 25.4 Å². The third kappa shape index (κ3) is 3.02. The molecule has 9 nitrogen and oxygen atoms in total. The lowest BCUT2D eigenvalue weighted by Gasteiger charge is -2.11. The summed E-state index contributed by atoms with van der Waals surface area (Å²) in [6, 6.07) is 11.3. The maximum absolute atomic E-state index is 5.98. The normalized spacial score (nSPS) is 11.0. The van der Waals surface area contributed by atoms with Crippen LogP contribution < -0.4 is 15.8 Å². The average Bonchev–Trinajstić information content (AvgIpc) is 3.31. The van der Waals surface area contributed by atoms with Gasteiger partial charge in [-0.1, -0.05) is 18.2 Å². The Bertz CT molecular complexity index is 1030. The molecule has 3 heterocycles. The van der Waals surface area contributed by atoms with E-state index < -0.39 is 0 Å². The zero-order chi connectivity index (χ0) is 17.9. The Hall–Kier alpha value is -3.62. The van der Waals surface area contributed by atoms with Gasteiger partial charge in [-0.2, -0.15) is 19.5 Å². The molecule has 4 rings (SSSR count). The molecule has 3 N–H and O–H groups in total. The number of hydrogen-bond acceptors (Lipinski definition) is 8. The van der Waals surface area contributed by atoms with Gasteiger partial charge in [-0.25, -0.2) is 0 Å². The number of fused-ring (bicyclic) bond motifs is 1. The largest absolute Gasteiger partial charge is 0.494 e. The van der Waals surface area contributed by atoms with Crippen molar-refractivity contribution in [3.63, 3.8) is 0 Å². The summed E-state index contributed by atoms with van der Waals surface area (Å²) in [6.07, 6.45) is 1.55. The molecule has 26 heavy (non-hydrogen) atoms. The van der Waals surface area contributed by atoms with Crippen molar-refractivity contribution in [1.82, 2.24) is 24.6 Å². The SMILES string of the molecule is CCOc1ccccc1CNc1nc(N)n2nc(-c3ccco3)nc2n1. The molecule has 0 fully saturated rings. The second-order valence-electron chi connectivity index (χ2n) is 5.42. The summed E-state index contributed by atoms with van der Waals surface area (Å²) in [5.74, 6) is 2.63. The second kappa shape index (κ2) is 6.71. The molecule has 0 unspecified atom stereocenters. The minimum atomic E-state index is 0.181. The predicted molar refractivity (Wildman–Crippen MR) is 95.6 cm³/mol. The fourth-order valence-corrected chi connectivity index (χ4v) is 2.52. The number of rotatable bonds is 6. The minimum Gasteiger partial charge on any atom is -0.494 e. The smallest absolute Gasteiger partial charge is 0.259 e. The fourth-order valence-electron chi connectivity index (χ4n) is 2.52. The van der Waals surface area contributed by atoms with E-state index >= 15 is 0 Å². The van der Waals surface area contributed by atoms with Crippen LogP contribution in [0.5, 0.6) is 5.75 Å². The van der Waals surface area contributed by atoms with Crippen molar-refractivity contribution in [2.24, 2.45) is 0 Å². The van der Waals surface area contributed by atoms with Gasteiger partial charge in [-0.15, -0.1) is 5.10 Å². The molecule has 9 heteroatoms. The number of nitrogens with two attached hydrogens (primary N) is 1. The van der Waals surface area contributed by atoms with E-state index in [4.69, 9.17) is 14.9 Å². The van der Waals surface area contributed by atoms with Gasteiger partial charge in [0.25, 0.3) is 5.78 Å². The van der Waals surface area contributed by atoms with E-state index in [0.29, 0.717) is 36.5 Å². The van der Waals surface area contributed by atoms with E-state index in [1.807, 2.05) is 31.2 Å². The van der Waals surface area contributed by atoms with Gasteiger partial charge >= 0.3 is 0 Å². The van der Waals surface area contributed by atoms with Crippen LogP contribution in [0.2, 0.25) is 0 Å². The Labute approximate surface area is 148 Å². The van der Waals surface area contributed by atoms with Crippen molar-refractivity contribution in [1.29, 1.82) is 0 Å². The van der Waals surface area contributed by atoms with Gasteiger partial charge in [0.05, 0.1) is 12.9 Å². The zero-order valence-corrected chi connectivity index (χ0v) is 14.1. The summed E-state index contributed by atoms with van der Waals surface area (Å²) >= 11 is 0. The Morgan fingerprint density at radius 1 is 1.15 bits per heavy atom. The number of benzene rings is 1. The van der Waals surface area contributed by atoms with Gasteiger partial charge in [-0.3, -0.25) is 0 Å². The molecular weight excluding hydrogens is 334 g/mol. The van der Waals surface area contributed by atoms with Crippen LogP contribution in [-0.2, 0) is 6.54 Å². The lowest BCUT2D eigenvalue weighted by molar-refractivity contribution is 0.337. The molecule has 0 radical (unpaired) electrons. The van der Waals surface area contributed by atoms with E-state index in [9.17, 15) is 0 Å². The van der Waals surface area contributed by atoms with Gasteiger partial charge in [0.15, 0.2) is 5.76 Å². The van der Waals surface area contributed by atoms with Crippen molar-refractivity contribution in [2.45, 2.75) is 13.5 Å². The highest BCUT2D eigenvalue weighted by molar-refractivity contribution is 5.52. The molecule has 1 aromatic carbocycles. The van der Waals surface area contributed by atoms with Crippen LogP contribution in [0.3, 0.4) is 0 Å². The molecule has 132 valence electrons. The fraction of sp³-hybridized carbons (Fsp3) is 0.176. The van der Waals surface area contributed by atoms with Crippen LogP contribution in [0.4, 0.5) is 11.9 Å². The van der Waals surface area contributed by atoms with Crippen molar-refractivity contribution < 1.29 is 9.15 Å². The molecule has 0 spiro atoms. The minimum absolute atomic E-state index is 0.181. The van der Waals surface area contributed by atoms with Gasteiger partial charge in [0.1, 0.15) is 5.75 Å². The Kier molecular flexibility index (Phi) is 4.10. The number of hydrogen-bond donors (Lipinski definition) is 2. The molecular formula is C17H17N7O2. The van der Waals surface area contributed by atoms with E-state index in [1.54, 1.807) is 18.4 Å². The molecule has 0 aliphatic carbocycles. The quantitative estimate of drug-likeness (QED) is 0.544. The molecule has 3 aromatic heterocycles. The second-order valence-corrected chi connectivity index (χ2v) is 5.42. The van der Waals surface area contributed by atoms with Crippen LogP contribution in [-0.4, -0.2) is 31.2 Å². The number of ether oxygens (including phenoxy) is 1. The molecule has 0 aliphatic heterocycles. The first-order chi connectivity index (χ1) is 12.7. The molecule has 4 aromatic rings. The maximum atomic E-state index is 5.98. The third-order valence-electron chi connectivity index (χ3n) is 3.68. The van der Waals surface area contributed by atoms with E-state index in [-0.39, 0.29) is 5.95 Å². The number of furan rings is 1. The van der Waals surface area contributed by atoms with E-state index in [1.165, 1.54) is 4.52 Å². The number of aromatic nitrogens is 5. The van der Waals surface area contributed by atoms with Crippen LogP contribution in [0.25, 0.3) is 17.4 Å². The standard InChI is InChI=1S/C17H17N7O2/c1-2-25-12-7-4-3-6-11(12)10-19-16-21-15(18)24-17(22-16)20-14(23-24)13-8-5-9-26-13/h3-9H,2,10H2,1H3,(H3,18,19,20,21,22,23). The van der Waals surface area contributed by atoms with Crippen molar-refractivity contribution >= 4 is 17.7 Å². The maximum Gasteiger partial charge on any atom is 0.259 e. The van der Waals surface area contributed by atoms with Gasteiger partial charge in [0, 0.05) is 12.1 Å². The first-order valence-electron chi connectivity index (χ1n) is 8.13. The first-order valence-corrected chi connectivity index (χ1v) is 8.13. The highest BCUT2D eigenvalue weighted by Gasteiger charge is 2.14. The zero-order valence-electron chi connectivity index (χ0n) is 14.1. The lowest BCUT2D eigenvalue weighted by atomic mass is 10.2. The predicted octanol–water partition coefficient (Wildman–Crippen LogP) is 2.37. The molecule has 0 amide bonds. The monoisotopic (exact) mass is 351 g/mol. The van der Waals surface area contributed by atoms with Crippen molar-refractivity contribution in [3.8, 4) is 17.3 Å². The van der Waals surface area contributed by atoms with Crippen LogP contribution in [0.1, 0.15) is 12.5 Å². The van der Waals surface area contributed by atoms with Crippen LogP contribution in [0.15, 0.2) is 47.1 Å². The molecule has 0 saturated heterocycles. The lowest BCUT2D eigenvalue weighted by Crippen LogP contribution is -2.10. The highest BCUT2D eigenvalue weighted by Crippen LogP contribution is 2.20. The number of para-hydroxylation sites is 1. The summed E-state index contributed by atoms with van der Waals surface area (Å²) in [7, 11) is 0. The molecule has 0 bridgehead atoms. The summed E-state index contributed by atoms with van der Waals surface area (Å²) in [5, 5.41) is 7.42. The highest BCUT2D eigenvalue weighted by atomic mass is 16.5. The van der Waals surface area contributed by atoms with Crippen LogP contribution >= 0.6 is 0 Å². The van der Waals surface area contributed by atoms with Crippen LogP contribution in [0, 0.1) is 0 Å². The summed E-state index contributed by atoms with van der Waals surface area (Å²) < 4.78 is 12.3. The first kappa shape index (κ1) is 15.9. The van der Waals surface area contributed by atoms with Crippen molar-refractivity contribution in [3.05, 3.63) is 48.2 Å². The summed E-state index contributed by atoms with van der Waals surface area (Å²) in [6.45, 7) is 3.04. The Balaban J connectivity index is 1.59. The number of nitrogen functional groups attached to an aromatic ring is 1. The summed E-state index contributed by atoms with van der Waals surface area (Å²) in [5.41, 5.74) is 6.98. The van der Waals surface area contributed by atoms with Gasteiger partial charge < -0.3 is 20.2 Å². The number of nitrogens with one attached hydrogen (secondary N) is 1. The number of anilines is 2. The third-order valence-corrected chi connectivity index (χ3v) is 3.68. The molecule has 0 atom stereocenters. The Morgan fingerprint density at radius 3 is 2.85 bits per heavy atom. The molecule has 0 saturated carbocycles. The topological polar surface area (TPSA) is 116 Å². The molecule has 0 aliphatic rings. The average molecular weight is 351 g/mol.